The lowest BCUT2D eigenvalue weighted by atomic mass is 10.1. The van der Waals surface area contributed by atoms with Crippen molar-refractivity contribution < 1.29 is 4.79 Å². The molecule has 3 nitrogen and oxygen atoms in total. The molecule has 0 saturated carbocycles. The number of carbonyl (C=O) groups is 1. The van der Waals surface area contributed by atoms with Gasteiger partial charge in [-0.1, -0.05) is 24.3 Å². The number of hydrogen-bond acceptors (Lipinski definition) is 3. The minimum absolute atomic E-state index is 0.591. The fourth-order valence-corrected chi connectivity index (χ4v) is 0.884. The van der Waals surface area contributed by atoms with Crippen LogP contribution in [0.5, 0.6) is 0 Å². The van der Waals surface area contributed by atoms with Gasteiger partial charge < -0.3 is 11.5 Å². The lowest BCUT2D eigenvalue weighted by Gasteiger charge is -1.98. The predicted molar refractivity (Wildman–Crippen MR) is 59.3 cm³/mol. The molecule has 14 heavy (non-hydrogen) atoms. The summed E-state index contributed by atoms with van der Waals surface area (Å²) in [6.45, 7) is 1.18. The smallest absolute Gasteiger partial charge is 0.313 e. The largest absolute Gasteiger partial charge is 0.326 e. The summed E-state index contributed by atoms with van der Waals surface area (Å²) in [7, 11) is 0. The molecule has 0 unspecified atom stereocenters. The molecular weight excluding hydrogens is 223 g/mol. The maximum atomic E-state index is 8.98. The zero-order chi connectivity index (χ0) is 11.0. The Morgan fingerprint density at radius 3 is 1.79 bits per heavy atom. The SMILES string of the molecule is NCc1cccc(CN)c1.O=C(Cl)Cl. The van der Waals surface area contributed by atoms with Crippen molar-refractivity contribution in [1.29, 1.82) is 0 Å². The summed E-state index contributed by atoms with van der Waals surface area (Å²) in [5.74, 6) is 0. The second-order valence-electron chi connectivity index (χ2n) is 2.45. The van der Waals surface area contributed by atoms with Crippen molar-refractivity contribution in [2.45, 2.75) is 13.1 Å². The number of halogens is 2. The normalized spacial score (nSPS) is 8.86. The third-order valence-corrected chi connectivity index (χ3v) is 1.46. The molecule has 0 aromatic heterocycles. The Morgan fingerprint density at radius 2 is 1.50 bits per heavy atom. The first-order valence-corrected chi connectivity index (χ1v) is 4.68. The molecule has 78 valence electrons. The minimum Gasteiger partial charge on any atom is -0.326 e. The molecule has 0 fully saturated rings. The average Bonchev–Trinajstić information content (AvgIpc) is 2.17. The van der Waals surface area contributed by atoms with Gasteiger partial charge in [-0.2, -0.15) is 0 Å². The zero-order valence-electron chi connectivity index (χ0n) is 7.54. The van der Waals surface area contributed by atoms with Crippen molar-refractivity contribution in [1.82, 2.24) is 0 Å². The van der Waals surface area contributed by atoms with Gasteiger partial charge >= 0.3 is 4.70 Å². The van der Waals surface area contributed by atoms with Crippen molar-refractivity contribution >= 4 is 27.9 Å². The van der Waals surface area contributed by atoms with E-state index in [0.29, 0.717) is 13.1 Å². The van der Waals surface area contributed by atoms with E-state index in [1.54, 1.807) is 0 Å². The highest BCUT2D eigenvalue weighted by molar-refractivity contribution is 6.93. The van der Waals surface area contributed by atoms with Crippen LogP contribution in [0.15, 0.2) is 24.3 Å². The molecule has 0 aliphatic carbocycles. The molecule has 0 saturated heterocycles. The fraction of sp³-hybridized carbons (Fsp3) is 0.222. The van der Waals surface area contributed by atoms with Crippen LogP contribution in [0.1, 0.15) is 11.1 Å². The Balaban J connectivity index is 0.000000364. The van der Waals surface area contributed by atoms with E-state index < -0.39 is 4.70 Å². The van der Waals surface area contributed by atoms with Gasteiger partial charge in [0.2, 0.25) is 0 Å². The molecule has 1 aromatic rings. The summed E-state index contributed by atoms with van der Waals surface area (Å²) in [6.07, 6.45) is 0. The number of nitrogens with two attached hydrogens (primary N) is 2. The third-order valence-electron chi connectivity index (χ3n) is 1.46. The van der Waals surface area contributed by atoms with E-state index >= 15 is 0 Å². The van der Waals surface area contributed by atoms with Crippen LogP contribution in [0.2, 0.25) is 0 Å². The minimum atomic E-state index is -0.889. The molecule has 0 aliphatic rings. The van der Waals surface area contributed by atoms with Crippen LogP contribution in [-0.2, 0) is 13.1 Å². The molecule has 0 amide bonds. The number of benzene rings is 1. The third kappa shape index (κ3) is 6.86. The number of carbonyl (C=O) groups excluding carboxylic acids is 1. The fourth-order valence-electron chi connectivity index (χ4n) is 0.884. The molecule has 1 aromatic carbocycles. The molecule has 1 rings (SSSR count). The highest BCUT2D eigenvalue weighted by Crippen LogP contribution is 2.02. The Labute approximate surface area is 93.0 Å². The summed E-state index contributed by atoms with van der Waals surface area (Å²) in [5, 5.41) is 0. The Bertz CT molecular complexity index is 269. The van der Waals surface area contributed by atoms with Crippen LogP contribution in [0.3, 0.4) is 0 Å². The lowest BCUT2D eigenvalue weighted by molar-refractivity contribution is 0.275. The summed E-state index contributed by atoms with van der Waals surface area (Å²) >= 11 is 8.80. The molecule has 0 heterocycles. The first-order valence-electron chi connectivity index (χ1n) is 3.93. The summed E-state index contributed by atoms with van der Waals surface area (Å²) in [4.78, 5) is 8.98. The summed E-state index contributed by atoms with van der Waals surface area (Å²) < 4.78 is -0.889. The van der Waals surface area contributed by atoms with Gasteiger partial charge in [-0.25, -0.2) is 0 Å². The maximum Gasteiger partial charge on any atom is 0.313 e. The Hall–Kier alpha value is -0.610. The molecule has 4 N–H and O–H groups in total. The van der Waals surface area contributed by atoms with Gasteiger partial charge in [-0.3, -0.25) is 4.79 Å². The van der Waals surface area contributed by atoms with Gasteiger partial charge in [0.1, 0.15) is 0 Å². The van der Waals surface area contributed by atoms with Crippen molar-refractivity contribution in [3.05, 3.63) is 35.4 Å². The van der Waals surface area contributed by atoms with Gasteiger partial charge in [-0.15, -0.1) is 0 Å². The molecule has 5 heteroatoms. The van der Waals surface area contributed by atoms with E-state index in [9.17, 15) is 0 Å². The van der Waals surface area contributed by atoms with Crippen molar-refractivity contribution in [3.8, 4) is 0 Å². The highest BCUT2D eigenvalue weighted by Gasteiger charge is 1.89. The molecule has 0 spiro atoms. The van der Waals surface area contributed by atoms with E-state index in [-0.39, 0.29) is 0 Å². The summed E-state index contributed by atoms with van der Waals surface area (Å²) in [6, 6.07) is 8.00. The van der Waals surface area contributed by atoms with Crippen molar-refractivity contribution in [2.24, 2.45) is 11.5 Å². The van der Waals surface area contributed by atoms with Gasteiger partial charge in [0.05, 0.1) is 0 Å². The molecule has 0 aliphatic heterocycles. The van der Waals surface area contributed by atoms with E-state index in [1.165, 1.54) is 0 Å². The van der Waals surface area contributed by atoms with Crippen LogP contribution in [0.25, 0.3) is 0 Å². The van der Waals surface area contributed by atoms with Crippen LogP contribution in [-0.4, -0.2) is 4.70 Å². The monoisotopic (exact) mass is 234 g/mol. The van der Waals surface area contributed by atoms with Gasteiger partial charge in [-0.05, 0) is 34.3 Å². The van der Waals surface area contributed by atoms with Gasteiger partial charge in [0, 0.05) is 13.1 Å². The molecule has 0 radical (unpaired) electrons. The maximum absolute atomic E-state index is 8.98. The Kier molecular flexibility index (Phi) is 7.42. The van der Waals surface area contributed by atoms with E-state index in [4.69, 9.17) is 16.3 Å². The van der Waals surface area contributed by atoms with Gasteiger partial charge in [0.25, 0.3) is 0 Å². The van der Waals surface area contributed by atoms with Crippen molar-refractivity contribution in [2.75, 3.05) is 0 Å². The molecular formula is C9H12Cl2N2O. The predicted octanol–water partition coefficient (Wildman–Crippen LogP) is 2.19. The lowest BCUT2D eigenvalue weighted by Crippen LogP contribution is -2.00. The second-order valence-corrected chi connectivity index (χ2v) is 3.33. The van der Waals surface area contributed by atoms with Crippen LogP contribution in [0.4, 0.5) is 4.79 Å². The number of rotatable bonds is 2. The topological polar surface area (TPSA) is 69.1 Å². The molecule has 0 atom stereocenters. The first kappa shape index (κ1) is 13.4. The average molecular weight is 235 g/mol. The zero-order valence-corrected chi connectivity index (χ0v) is 9.05. The quantitative estimate of drug-likeness (QED) is 0.772. The first-order chi connectivity index (χ1) is 6.60. The molecule has 0 bridgehead atoms. The van der Waals surface area contributed by atoms with Crippen LogP contribution in [0, 0.1) is 0 Å². The number of hydrogen-bond donors (Lipinski definition) is 2. The highest BCUT2D eigenvalue weighted by atomic mass is 35.5. The van der Waals surface area contributed by atoms with E-state index in [2.05, 4.69) is 23.2 Å². The second kappa shape index (κ2) is 7.76. The standard InChI is InChI=1S/C8H12N2.CCl2O/c9-5-7-2-1-3-8(4-7)6-10;2-1(3)4/h1-4H,5-6,9-10H2;. The summed E-state index contributed by atoms with van der Waals surface area (Å²) in [5.41, 5.74) is 13.1. The van der Waals surface area contributed by atoms with Gasteiger partial charge in [0.15, 0.2) is 0 Å². The van der Waals surface area contributed by atoms with E-state index in [1.807, 2.05) is 24.3 Å². The Morgan fingerprint density at radius 1 is 1.14 bits per heavy atom. The van der Waals surface area contributed by atoms with Crippen molar-refractivity contribution in [3.63, 3.8) is 0 Å². The van der Waals surface area contributed by atoms with E-state index in [0.717, 1.165) is 11.1 Å². The van der Waals surface area contributed by atoms with Crippen LogP contribution >= 0.6 is 23.2 Å². The van der Waals surface area contributed by atoms with Crippen LogP contribution < -0.4 is 11.5 Å².